The molecule has 6 aromatic rings. The zero-order chi connectivity index (χ0) is 28.0. The second kappa shape index (κ2) is 9.89. The number of hydrogen-bond donors (Lipinski definition) is 2. The van der Waals surface area contributed by atoms with Gasteiger partial charge in [-0.2, -0.15) is 8.42 Å². The molecule has 0 saturated heterocycles. The molecular formula is C30H27N5O4S. The number of nitrogens with zero attached hydrogens (tertiary/aromatic N) is 4. The smallest absolute Gasteiger partial charge is 0.281 e. The van der Waals surface area contributed by atoms with Crippen molar-refractivity contribution < 1.29 is 18.3 Å². The fourth-order valence-electron chi connectivity index (χ4n) is 5.20. The summed E-state index contributed by atoms with van der Waals surface area (Å²) in [6, 6.07) is 22.3. The Morgan fingerprint density at radius 2 is 1.70 bits per heavy atom. The van der Waals surface area contributed by atoms with Gasteiger partial charge in [0.05, 0.1) is 17.6 Å². The maximum absolute atomic E-state index is 12.9. The molecule has 3 aromatic heterocycles. The molecule has 0 unspecified atom stereocenters. The zero-order valence-electron chi connectivity index (χ0n) is 22.0. The first kappa shape index (κ1) is 25.7. The minimum Gasteiger partial charge on any atom is -0.395 e. The van der Waals surface area contributed by atoms with Crippen molar-refractivity contribution in [2.75, 3.05) is 6.61 Å². The highest BCUT2D eigenvalue weighted by atomic mass is 32.2. The Hall–Kier alpha value is -4.54. The Kier molecular flexibility index (Phi) is 6.36. The highest BCUT2D eigenvalue weighted by molar-refractivity contribution is 7.90. The third kappa shape index (κ3) is 4.31. The lowest BCUT2D eigenvalue weighted by Gasteiger charge is -2.09. The van der Waals surface area contributed by atoms with E-state index in [0.717, 1.165) is 45.0 Å². The molecule has 6 rings (SSSR count). The molecule has 2 N–H and O–H groups in total. The van der Waals surface area contributed by atoms with Crippen LogP contribution in [0.15, 0.2) is 84.0 Å². The summed E-state index contributed by atoms with van der Waals surface area (Å²) < 4.78 is 31.7. The van der Waals surface area contributed by atoms with E-state index < -0.39 is 15.9 Å². The van der Waals surface area contributed by atoms with Gasteiger partial charge in [-0.3, -0.25) is 4.79 Å². The van der Waals surface area contributed by atoms with Crippen LogP contribution < -0.4 is 4.72 Å². The van der Waals surface area contributed by atoms with E-state index in [0.29, 0.717) is 17.9 Å². The van der Waals surface area contributed by atoms with E-state index >= 15 is 0 Å². The summed E-state index contributed by atoms with van der Waals surface area (Å²) in [4.78, 5) is 21.7. The molecule has 202 valence electrons. The van der Waals surface area contributed by atoms with Crippen LogP contribution in [0.1, 0.15) is 22.8 Å². The number of amides is 1. The molecule has 10 heteroatoms. The zero-order valence-corrected chi connectivity index (χ0v) is 22.8. The third-order valence-electron chi connectivity index (χ3n) is 7.07. The predicted octanol–water partition coefficient (Wildman–Crippen LogP) is 4.65. The van der Waals surface area contributed by atoms with Crippen LogP contribution in [0.2, 0.25) is 0 Å². The number of aliphatic hydroxyl groups excluding tert-OH is 1. The molecule has 1 amide bonds. The Bertz CT molecular complexity index is 2030. The van der Waals surface area contributed by atoms with Crippen LogP contribution in [0.4, 0.5) is 0 Å². The quantitative estimate of drug-likeness (QED) is 0.297. The first-order chi connectivity index (χ1) is 19.3. The molecule has 0 fully saturated rings. The normalized spacial score (nSPS) is 12.0. The van der Waals surface area contributed by atoms with Crippen molar-refractivity contribution >= 4 is 48.8 Å². The highest BCUT2D eigenvalue weighted by Crippen LogP contribution is 2.33. The number of hydrogen-bond acceptors (Lipinski definition) is 6. The number of aryl methyl sites for hydroxylation is 2. The molecule has 0 aliphatic carbocycles. The molecule has 0 aliphatic heterocycles. The van der Waals surface area contributed by atoms with Gasteiger partial charge in [0, 0.05) is 52.2 Å². The van der Waals surface area contributed by atoms with E-state index in [1.165, 1.54) is 12.3 Å². The molecule has 0 spiro atoms. The average Bonchev–Trinajstić information content (AvgIpc) is 3.47. The van der Waals surface area contributed by atoms with Crippen LogP contribution in [0.5, 0.6) is 0 Å². The van der Waals surface area contributed by atoms with Crippen molar-refractivity contribution in [1.82, 2.24) is 23.8 Å². The maximum Gasteiger partial charge on any atom is 0.281 e. The van der Waals surface area contributed by atoms with Gasteiger partial charge in [0.15, 0.2) is 5.03 Å². The molecule has 0 bridgehead atoms. The van der Waals surface area contributed by atoms with Crippen molar-refractivity contribution in [1.29, 1.82) is 0 Å². The fourth-order valence-corrected chi connectivity index (χ4v) is 6.10. The van der Waals surface area contributed by atoms with Gasteiger partial charge in [-0.15, -0.1) is 0 Å². The van der Waals surface area contributed by atoms with Crippen molar-refractivity contribution in [3.8, 4) is 11.4 Å². The molecule has 0 aliphatic rings. The topological polar surface area (TPSA) is 119 Å². The largest absolute Gasteiger partial charge is 0.395 e. The van der Waals surface area contributed by atoms with E-state index in [9.17, 15) is 18.3 Å². The summed E-state index contributed by atoms with van der Waals surface area (Å²) in [6.07, 6.45) is 1.43. The summed E-state index contributed by atoms with van der Waals surface area (Å²) in [5.74, 6) is -0.135. The van der Waals surface area contributed by atoms with Crippen LogP contribution in [0.3, 0.4) is 0 Å². The van der Waals surface area contributed by atoms with Crippen LogP contribution >= 0.6 is 0 Å². The lowest BCUT2D eigenvalue weighted by molar-refractivity contribution is 0.0981. The van der Waals surface area contributed by atoms with Crippen LogP contribution in [0.25, 0.3) is 44.2 Å². The maximum atomic E-state index is 12.9. The number of nitrogens with one attached hydrogen (secondary N) is 1. The molecule has 40 heavy (non-hydrogen) atoms. The molecule has 0 atom stereocenters. The Morgan fingerprint density at radius 1 is 0.925 bits per heavy atom. The van der Waals surface area contributed by atoms with E-state index in [4.69, 9.17) is 4.98 Å². The van der Waals surface area contributed by atoms with Gasteiger partial charge in [0.25, 0.3) is 15.9 Å². The molecule has 3 aromatic carbocycles. The van der Waals surface area contributed by atoms with Gasteiger partial charge in [-0.25, -0.2) is 14.7 Å². The Balaban J connectivity index is 1.41. The molecule has 0 radical (unpaired) electrons. The van der Waals surface area contributed by atoms with E-state index in [1.54, 1.807) is 31.2 Å². The van der Waals surface area contributed by atoms with Crippen molar-refractivity contribution in [2.45, 2.75) is 32.0 Å². The van der Waals surface area contributed by atoms with Gasteiger partial charge in [-0.05, 0) is 67.9 Å². The number of aromatic nitrogens is 4. The highest BCUT2D eigenvalue weighted by Gasteiger charge is 2.22. The summed E-state index contributed by atoms with van der Waals surface area (Å²) in [7, 11) is -4.14. The van der Waals surface area contributed by atoms with Crippen molar-refractivity contribution in [2.24, 2.45) is 0 Å². The van der Waals surface area contributed by atoms with Crippen LogP contribution in [-0.2, 0) is 23.1 Å². The predicted molar refractivity (Wildman–Crippen MR) is 155 cm³/mol. The van der Waals surface area contributed by atoms with E-state index in [2.05, 4.69) is 45.5 Å². The molecular weight excluding hydrogens is 526 g/mol. The van der Waals surface area contributed by atoms with Gasteiger partial charge >= 0.3 is 0 Å². The average molecular weight is 554 g/mol. The van der Waals surface area contributed by atoms with Gasteiger partial charge in [-0.1, -0.05) is 24.3 Å². The number of aliphatic hydroxyl groups is 1. The Morgan fingerprint density at radius 3 is 2.45 bits per heavy atom. The van der Waals surface area contributed by atoms with Gasteiger partial charge < -0.3 is 14.2 Å². The number of imidazole rings is 1. The lowest BCUT2D eigenvalue weighted by atomic mass is 10.1. The van der Waals surface area contributed by atoms with Gasteiger partial charge in [0.2, 0.25) is 0 Å². The second-order valence-corrected chi connectivity index (χ2v) is 11.2. The van der Waals surface area contributed by atoms with E-state index in [-0.39, 0.29) is 17.2 Å². The first-order valence-electron chi connectivity index (χ1n) is 12.9. The Labute approximate surface area is 230 Å². The van der Waals surface area contributed by atoms with Gasteiger partial charge in [0.1, 0.15) is 5.82 Å². The fraction of sp³-hybridized carbons (Fsp3) is 0.167. The van der Waals surface area contributed by atoms with Crippen LogP contribution in [-0.4, -0.2) is 45.1 Å². The van der Waals surface area contributed by atoms with E-state index in [1.807, 2.05) is 22.8 Å². The third-order valence-corrected chi connectivity index (χ3v) is 8.31. The number of fused-ring (bicyclic) bond motifs is 4. The number of carbonyl (C=O) groups is 1. The number of benzene rings is 3. The molecule has 0 saturated carbocycles. The standard InChI is InChI=1S/C30H27N5O4S/c1-3-34-25-7-5-4-6-22(25)23-16-20(9-11-26(23)34)29-32-24-17-21(10-12-27(24)35(29)14-15-36)30(37)33-40(38,39)28-13-8-19(2)18-31-28/h4-13,16-18,36H,3,14-15H2,1-2H3,(H,33,37). The summed E-state index contributed by atoms with van der Waals surface area (Å²) in [5, 5.41) is 11.8. The second-order valence-electron chi connectivity index (χ2n) is 9.62. The summed E-state index contributed by atoms with van der Waals surface area (Å²) >= 11 is 0. The summed E-state index contributed by atoms with van der Waals surface area (Å²) in [6.45, 7) is 4.96. The minimum atomic E-state index is -4.14. The monoisotopic (exact) mass is 553 g/mol. The number of rotatable bonds is 7. The number of para-hydroxylation sites is 1. The van der Waals surface area contributed by atoms with Crippen LogP contribution in [0, 0.1) is 6.92 Å². The first-order valence-corrected chi connectivity index (χ1v) is 14.4. The SMILES string of the molecule is CCn1c2ccccc2c2cc(-c3nc4cc(C(=O)NS(=O)(=O)c5ccc(C)cn5)ccc4n3CCO)ccc21. The number of sulfonamides is 1. The molecule has 3 heterocycles. The van der Waals surface area contributed by atoms with Crippen molar-refractivity contribution in [3.63, 3.8) is 0 Å². The van der Waals surface area contributed by atoms with Crippen molar-refractivity contribution in [3.05, 3.63) is 90.1 Å². The lowest BCUT2D eigenvalue weighted by Crippen LogP contribution is -2.31. The number of carbonyl (C=O) groups excluding carboxylic acids is 1. The minimum absolute atomic E-state index is 0.0973. The summed E-state index contributed by atoms with van der Waals surface area (Å²) in [5.41, 5.74) is 5.34. The number of pyridine rings is 1. The molecule has 9 nitrogen and oxygen atoms in total.